The van der Waals surface area contributed by atoms with Crippen LogP contribution in [0.25, 0.3) is 0 Å². The molecule has 2 atom stereocenters. The molecule has 4 heteroatoms. The fraction of sp³-hybridized carbons (Fsp3) is 0.350. The highest BCUT2D eigenvalue weighted by molar-refractivity contribution is 5.78. The second-order valence-electron chi connectivity index (χ2n) is 6.61. The molecule has 3 nitrogen and oxygen atoms in total. The van der Waals surface area contributed by atoms with Gasteiger partial charge in [0, 0.05) is 6.54 Å². The summed E-state index contributed by atoms with van der Waals surface area (Å²) < 4.78 is 13.1. The van der Waals surface area contributed by atoms with Crippen LogP contribution in [0.3, 0.4) is 0 Å². The van der Waals surface area contributed by atoms with Gasteiger partial charge in [0.05, 0.1) is 18.1 Å². The highest BCUT2D eigenvalue weighted by Crippen LogP contribution is 2.34. The third-order valence-corrected chi connectivity index (χ3v) is 4.72. The van der Waals surface area contributed by atoms with Crippen molar-refractivity contribution in [2.24, 2.45) is 0 Å². The molecule has 1 saturated heterocycles. The molecular formula is C20H22FNO2. The van der Waals surface area contributed by atoms with Crippen molar-refractivity contribution >= 4 is 5.91 Å². The van der Waals surface area contributed by atoms with Gasteiger partial charge in [-0.15, -0.1) is 0 Å². The third kappa shape index (κ3) is 3.49. The summed E-state index contributed by atoms with van der Waals surface area (Å²) in [6.45, 7) is 2.34. The molecule has 126 valence electrons. The average molecular weight is 327 g/mol. The van der Waals surface area contributed by atoms with Gasteiger partial charge in [-0.05, 0) is 43.0 Å². The summed E-state index contributed by atoms with van der Waals surface area (Å²) in [7, 11) is 0. The second-order valence-corrected chi connectivity index (χ2v) is 6.61. The van der Waals surface area contributed by atoms with Gasteiger partial charge in [0.15, 0.2) is 0 Å². The van der Waals surface area contributed by atoms with Gasteiger partial charge < -0.3 is 10.0 Å². The lowest BCUT2D eigenvalue weighted by Crippen LogP contribution is -2.36. The first-order valence-corrected chi connectivity index (χ1v) is 8.30. The largest absolute Gasteiger partial charge is 0.385 e. The molecule has 2 aromatic carbocycles. The summed E-state index contributed by atoms with van der Waals surface area (Å²) in [6.07, 6.45) is 1.82. The summed E-state index contributed by atoms with van der Waals surface area (Å²) in [5.74, 6) is -0.350. The van der Waals surface area contributed by atoms with Crippen LogP contribution >= 0.6 is 0 Å². The predicted molar refractivity (Wildman–Crippen MR) is 90.7 cm³/mol. The quantitative estimate of drug-likeness (QED) is 0.928. The summed E-state index contributed by atoms with van der Waals surface area (Å²) >= 11 is 0. The smallest absolute Gasteiger partial charge is 0.226 e. The van der Waals surface area contributed by atoms with Crippen LogP contribution in [-0.4, -0.2) is 22.5 Å². The highest BCUT2D eigenvalue weighted by atomic mass is 19.1. The van der Waals surface area contributed by atoms with Gasteiger partial charge in [0.1, 0.15) is 5.82 Å². The van der Waals surface area contributed by atoms with Crippen LogP contribution in [0.4, 0.5) is 4.39 Å². The van der Waals surface area contributed by atoms with Gasteiger partial charge in [0.2, 0.25) is 5.91 Å². The van der Waals surface area contributed by atoms with Gasteiger partial charge in [0.25, 0.3) is 0 Å². The molecule has 0 aromatic heterocycles. The SMILES string of the molecule is CC(O)(CC(=O)N1CCCC1c1ccc(F)cc1)c1ccccc1. The van der Waals surface area contributed by atoms with Crippen LogP contribution in [-0.2, 0) is 10.4 Å². The molecule has 2 unspecified atom stereocenters. The van der Waals surface area contributed by atoms with Crippen molar-refractivity contribution in [1.29, 1.82) is 0 Å². The van der Waals surface area contributed by atoms with Gasteiger partial charge >= 0.3 is 0 Å². The Bertz CT molecular complexity index is 697. The first kappa shape index (κ1) is 16.7. The minimum Gasteiger partial charge on any atom is -0.385 e. The minimum atomic E-state index is -1.20. The maximum absolute atomic E-state index is 13.1. The lowest BCUT2D eigenvalue weighted by Gasteiger charge is -2.30. The van der Waals surface area contributed by atoms with E-state index >= 15 is 0 Å². The molecule has 0 radical (unpaired) electrons. The van der Waals surface area contributed by atoms with E-state index in [1.807, 2.05) is 35.2 Å². The number of carbonyl (C=O) groups excluding carboxylic acids is 1. The van der Waals surface area contributed by atoms with E-state index in [4.69, 9.17) is 0 Å². The van der Waals surface area contributed by atoms with Gasteiger partial charge in [-0.25, -0.2) is 4.39 Å². The molecule has 0 aliphatic carbocycles. The number of aliphatic hydroxyl groups is 1. The van der Waals surface area contributed by atoms with E-state index < -0.39 is 5.60 Å². The van der Waals surface area contributed by atoms with Crippen molar-refractivity contribution in [1.82, 2.24) is 4.90 Å². The maximum atomic E-state index is 13.1. The van der Waals surface area contributed by atoms with Crippen molar-refractivity contribution in [3.63, 3.8) is 0 Å². The molecule has 0 spiro atoms. The van der Waals surface area contributed by atoms with Crippen LogP contribution in [0.1, 0.15) is 43.4 Å². The Morgan fingerprint density at radius 2 is 1.88 bits per heavy atom. The zero-order valence-corrected chi connectivity index (χ0v) is 13.8. The Labute approximate surface area is 141 Å². The highest BCUT2D eigenvalue weighted by Gasteiger charge is 2.34. The Hall–Kier alpha value is -2.20. The lowest BCUT2D eigenvalue weighted by atomic mass is 9.91. The lowest BCUT2D eigenvalue weighted by molar-refractivity contribution is -0.137. The number of likely N-dealkylation sites (tertiary alicyclic amines) is 1. The third-order valence-electron chi connectivity index (χ3n) is 4.72. The van der Waals surface area contributed by atoms with E-state index in [1.54, 1.807) is 19.1 Å². The molecular weight excluding hydrogens is 305 g/mol. The molecule has 2 aromatic rings. The standard InChI is InChI=1S/C20H22FNO2/c1-20(24,16-6-3-2-4-7-16)14-19(23)22-13-5-8-18(22)15-9-11-17(21)12-10-15/h2-4,6-7,9-12,18,24H,5,8,13-14H2,1H3. The molecule has 1 aliphatic heterocycles. The Morgan fingerprint density at radius 3 is 2.54 bits per heavy atom. The number of hydrogen-bond donors (Lipinski definition) is 1. The summed E-state index contributed by atoms with van der Waals surface area (Å²) in [4.78, 5) is 14.6. The molecule has 24 heavy (non-hydrogen) atoms. The summed E-state index contributed by atoms with van der Waals surface area (Å²) in [5, 5.41) is 10.7. The molecule has 0 saturated carbocycles. The number of benzene rings is 2. The fourth-order valence-electron chi connectivity index (χ4n) is 3.39. The van der Waals surface area contributed by atoms with Crippen LogP contribution < -0.4 is 0 Å². The van der Waals surface area contributed by atoms with Crippen molar-refractivity contribution < 1.29 is 14.3 Å². The number of rotatable bonds is 4. The van der Waals surface area contributed by atoms with Crippen molar-refractivity contribution in [3.8, 4) is 0 Å². The van der Waals surface area contributed by atoms with E-state index in [-0.39, 0.29) is 24.2 Å². The molecule has 1 fully saturated rings. The van der Waals surface area contributed by atoms with E-state index in [0.717, 1.165) is 24.0 Å². The molecule has 1 amide bonds. The normalized spacial score (nSPS) is 20.0. The Morgan fingerprint density at radius 1 is 1.21 bits per heavy atom. The first-order chi connectivity index (χ1) is 11.5. The summed E-state index contributed by atoms with van der Waals surface area (Å²) in [6, 6.07) is 15.5. The van der Waals surface area contributed by atoms with E-state index in [1.165, 1.54) is 12.1 Å². The van der Waals surface area contributed by atoms with Crippen LogP contribution in [0.5, 0.6) is 0 Å². The summed E-state index contributed by atoms with van der Waals surface area (Å²) in [5.41, 5.74) is 0.478. The van der Waals surface area contributed by atoms with E-state index in [0.29, 0.717) is 6.54 Å². The second kappa shape index (κ2) is 6.73. The zero-order chi connectivity index (χ0) is 17.2. The van der Waals surface area contributed by atoms with Crippen molar-refractivity contribution in [2.45, 2.75) is 37.8 Å². The molecule has 3 rings (SSSR count). The molecule has 1 heterocycles. The van der Waals surface area contributed by atoms with Gasteiger partial charge in [-0.3, -0.25) is 4.79 Å². The van der Waals surface area contributed by atoms with Gasteiger partial charge in [-0.2, -0.15) is 0 Å². The monoisotopic (exact) mass is 327 g/mol. The van der Waals surface area contributed by atoms with Crippen molar-refractivity contribution in [3.05, 3.63) is 71.5 Å². The minimum absolute atomic E-state index is 0.0364. The fourth-order valence-corrected chi connectivity index (χ4v) is 3.39. The number of hydrogen-bond acceptors (Lipinski definition) is 2. The topological polar surface area (TPSA) is 40.5 Å². The van der Waals surface area contributed by atoms with Gasteiger partial charge in [-0.1, -0.05) is 42.5 Å². The molecule has 1 N–H and O–H groups in total. The first-order valence-electron chi connectivity index (χ1n) is 8.30. The Kier molecular flexibility index (Phi) is 4.67. The van der Waals surface area contributed by atoms with E-state index in [2.05, 4.69) is 0 Å². The Balaban J connectivity index is 1.75. The molecule has 1 aliphatic rings. The van der Waals surface area contributed by atoms with Crippen molar-refractivity contribution in [2.75, 3.05) is 6.54 Å². The number of carbonyl (C=O) groups is 1. The zero-order valence-electron chi connectivity index (χ0n) is 13.8. The average Bonchev–Trinajstić information content (AvgIpc) is 3.06. The maximum Gasteiger partial charge on any atom is 0.226 e. The number of nitrogens with zero attached hydrogens (tertiary/aromatic N) is 1. The van der Waals surface area contributed by atoms with Crippen LogP contribution in [0.15, 0.2) is 54.6 Å². The van der Waals surface area contributed by atoms with E-state index in [9.17, 15) is 14.3 Å². The predicted octanol–water partition coefficient (Wildman–Crippen LogP) is 3.79. The van der Waals surface area contributed by atoms with Crippen LogP contribution in [0, 0.1) is 5.82 Å². The number of halogens is 1. The van der Waals surface area contributed by atoms with Crippen LogP contribution in [0.2, 0.25) is 0 Å². The number of amides is 1. The molecule has 0 bridgehead atoms.